The Balaban J connectivity index is 1.78. The zero-order valence-corrected chi connectivity index (χ0v) is 13.9. The van der Waals surface area contributed by atoms with Gasteiger partial charge in [0.05, 0.1) is 23.6 Å². The van der Waals surface area contributed by atoms with E-state index in [0.29, 0.717) is 12.5 Å². The van der Waals surface area contributed by atoms with Gasteiger partial charge in [-0.15, -0.1) is 11.3 Å². The lowest BCUT2D eigenvalue weighted by molar-refractivity contribution is 0.756. The smallest absolute Gasteiger partial charge is 0.223 e. The molecule has 1 N–H and O–H groups in total. The van der Waals surface area contributed by atoms with E-state index < -0.39 is 0 Å². The van der Waals surface area contributed by atoms with Crippen molar-refractivity contribution < 1.29 is 0 Å². The third-order valence-electron chi connectivity index (χ3n) is 3.42. The van der Waals surface area contributed by atoms with E-state index in [-0.39, 0.29) is 0 Å². The van der Waals surface area contributed by atoms with Gasteiger partial charge in [-0.2, -0.15) is 5.10 Å². The molecule has 22 heavy (non-hydrogen) atoms. The van der Waals surface area contributed by atoms with Gasteiger partial charge in [-0.25, -0.2) is 15.0 Å². The molecular weight excluding hydrogens is 296 g/mol. The first-order valence-electron chi connectivity index (χ1n) is 7.03. The molecule has 0 spiro atoms. The fourth-order valence-electron chi connectivity index (χ4n) is 2.21. The van der Waals surface area contributed by atoms with Gasteiger partial charge in [-0.1, -0.05) is 0 Å². The summed E-state index contributed by atoms with van der Waals surface area (Å²) in [6.45, 7) is 6.72. The van der Waals surface area contributed by atoms with Gasteiger partial charge in [0.2, 0.25) is 5.95 Å². The largest absolute Gasteiger partial charge is 0.348 e. The van der Waals surface area contributed by atoms with Crippen molar-refractivity contribution in [3.8, 4) is 11.3 Å². The first kappa shape index (κ1) is 14.6. The topological polar surface area (TPSA) is 68.5 Å². The number of rotatable bonds is 4. The number of hydrogen-bond donors (Lipinski definition) is 1. The molecule has 3 heterocycles. The predicted octanol–water partition coefficient (Wildman–Crippen LogP) is 2.87. The fraction of sp³-hybridized carbons (Fsp3) is 0.333. The van der Waals surface area contributed by atoms with Crippen molar-refractivity contribution in [1.82, 2.24) is 24.7 Å². The molecule has 0 bridgehead atoms. The Morgan fingerprint density at radius 3 is 2.64 bits per heavy atom. The van der Waals surface area contributed by atoms with Gasteiger partial charge in [-0.05, 0) is 26.8 Å². The van der Waals surface area contributed by atoms with Crippen LogP contribution in [-0.2, 0) is 13.6 Å². The summed E-state index contributed by atoms with van der Waals surface area (Å²) >= 11 is 1.70. The zero-order valence-electron chi connectivity index (χ0n) is 13.1. The average molecular weight is 314 g/mol. The van der Waals surface area contributed by atoms with Crippen LogP contribution in [0.15, 0.2) is 18.5 Å². The zero-order chi connectivity index (χ0) is 15.7. The lowest BCUT2D eigenvalue weighted by Crippen LogP contribution is -2.03. The van der Waals surface area contributed by atoms with Gasteiger partial charge in [0.1, 0.15) is 5.01 Å². The molecule has 3 aromatic rings. The van der Waals surface area contributed by atoms with Crippen molar-refractivity contribution in [3.05, 3.63) is 39.7 Å². The molecule has 0 amide bonds. The molecular formula is C15H18N6S. The maximum Gasteiger partial charge on any atom is 0.223 e. The molecule has 7 heteroatoms. The molecule has 3 rings (SSSR count). The summed E-state index contributed by atoms with van der Waals surface area (Å²) in [6, 6.07) is 1.90. The molecule has 0 aliphatic carbocycles. The number of aryl methyl sites for hydroxylation is 4. The van der Waals surface area contributed by atoms with Crippen LogP contribution in [0.4, 0.5) is 5.95 Å². The Bertz CT molecular complexity index is 785. The van der Waals surface area contributed by atoms with Crippen molar-refractivity contribution in [1.29, 1.82) is 0 Å². The highest BCUT2D eigenvalue weighted by Crippen LogP contribution is 2.21. The van der Waals surface area contributed by atoms with E-state index in [2.05, 4.69) is 32.3 Å². The lowest BCUT2D eigenvalue weighted by atomic mass is 10.2. The van der Waals surface area contributed by atoms with Crippen LogP contribution in [0, 0.1) is 20.8 Å². The summed E-state index contributed by atoms with van der Waals surface area (Å²) in [5, 5.41) is 8.63. The van der Waals surface area contributed by atoms with Gasteiger partial charge in [0, 0.05) is 29.9 Å². The Kier molecular flexibility index (Phi) is 3.89. The van der Waals surface area contributed by atoms with E-state index in [9.17, 15) is 0 Å². The highest BCUT2D eigenvalue weighted by molar-refractivity contribution is 7.11. The Morgan fingerprint density at radius 1 is 1.18 bits per heavy atom. The van der Waals surface area contributed by atoms with Crippen LogP contribution in [0.5, 0.6) is 0 Å². The molecule has 0 radical (unpaired) electrons. The van der Waals surface area contributed by atoms with Gasteiger partial charge < -0.3 is 5.32 Å². The lowest BCUT2D eigenvalue weighted by Gasteiger charge is -2.04. The molecule has 114 valence electrons. The number of aromatic nitrogens is 5. The highest BCUT2D eigenvalue weighted by atomic mass is 32.1. The Labute approximate surface area is 133 Å². The van der Waals surface area contributed by atoms with Crippen LogP contribution in [0.2, 0.25) is 0 Å². The molecule has 0 aliphatic heterocycles. The summed E-state index contributed by atoms with van der Waals surface area (Å²) in [5.41, 5.74) is 3.93. The first-order chi connectivity index (χ1) is 10.5. The second-order valence-electron chi connectivity index (χ2n) is 5.17. The molecule has 0 unspecified atom stereocenters. The average Bonchev–Trinajstić information content (AvgIpc) is 2.99. The molecule has 6 nitrogen and oxygen atoms in total. The van der Waals surface area contributed by atoms with E-state index in [4.69, 9.17) is 0 Å². The SMILES string of the molecule is Cc1nn(C)cc1-c1ccnc(NCc2nc(C)c(C)s2)n1. The number of nitrogens with zero attached hydrogens (tertiary/aromatic N) is 5. The standard InChI is InChI=1S/C15H18N6S/c1-9-11(3)22-14(18-9)7-17-15-16-6-5-13(19-15)12-8-21(4)20-10(12)2/h5-6,8H,7H2,1-4H3,(H,16,17,19). The maximum atomic E-state index is 4.56. The number of nitrogens with one attached hydrogen (secondary N) is 1. The van der Waals surface area contributed by atoms with Gasteiger partial charge >= 0.3 is 0 Å². The Hall–Kier alpha value is -2.28. The molecule has 0 aliphatic rings. The van der Waals surface area contributed by atoms with Gasteiger partial charge in [-0.3, -0.25) is 4.68 Å². The summed E-state index contributed by atoms with van der Waals surface area (Å²) < 4.78 is 1.79. The molecule has 0 saturated carbocycles. The van der Waals surface area contributed by atoms with Crippen molar-refractivity contribution in [2.24, 2.45) is 7.05 Å². The van der Waals surface area contributed by atoms with Gasteiger partial charge in [0.15, 0.2) is 0 Å². The summed E-state index contributed by atoms with van der Waals surface area (Å²) in [5.74, 6) is 0.603. The second-order valence-corrected chi connectivity index (χ2v) is 6.46. The first-order valence-corrected chi connectivity index (χ1v) is 7.85. The van der Waals surface area contributed by atoms with Crippen LogP contribution < -0.4 is 5.32 Å². The van der Waals surface area contributed by atoms with Crippen molar-refractivity contribution in [3.63, 3.8) is 0 Å². The predicted molar refractivity (Wildman–Crippen MR) is 87.9 cm³/mol. The van der Waals surface area contributed by atoms with Crippen LogP contribution >= 0.6 is 11.3 Å². The van der Waals surface area contributed by atoms with Crippen LogP contribution in [0.1, 0.15) is 21.3 Å². The van der Waals surface area contributed by atoms with Crippen LogP contribution in [0.3, 0.4) is 0 Å². The monoisotopic (exact) mass is 314 g/mol. The van der Waals surface area contributed by atoms with Crippen LogP contribution in [0.25, 0.3) is 11.3 Å². The maximum absolute atomic E-state index is 4.56. The molecule has 3 aromatic heterocycles. The fourth-order valence-corrected chi connectivity index (χ4v) is 3.09. The van der Waals surface area contributed by atoms with E-state index in [1.54, 1.807) is 22.2 Å². The summed E-state index contributed by atoms with van der Waals surface area (Å²) in [7, 11) is 1.91. The number of hydrogen-bond acceptors (Lipinski definition) is 6. The summed E-state index contributed by atoms with van der Waals surface area (Å²) in [4.78, 5) is 14.6. The quantitative estimate of drug-likeness (QED) is 0.802. The van der Waals surface area contributed by atoms with E-state index in [1.165, 1.54) is 4.88 Å². The van der Waals surface area contributed by atoms with Crippen molar-refractivity contribution >= 4 is 17.3 Å². The Morgan fingerprint density at radius 2 is 2.00 bits per heavy atom. The number of anilines is 1. The number of thiazole rings is 1. The van der Waals surface area contributed by atoms with Crippen molar-refractivity contribution in [2.45, 2.75) is 27.3 Å². The highest BCUT2D eigenvalue weighted by Gasteiger charge is 2.09. The third kappa shape index (κ3) is 2.99. The summed E-state index contributed by atoms with van der Waals surface area (Å²) in [6.07, 6.45) is 3.73. The minimum atomic E-state index is 0.603. The van der Waals surface area contributed by atoms with E-state index >= 15 is 0 Å². The van der Waals surface area contributed by atoms with Crippen molar-refractivity contribution in [2.75, 3.05) is 5.32 Å². The van der Waals surface area contributed by atoms with E-state index in [0.717, 1.165) is 27.7 Å². The molecule has 0 fully saturated rings. The second kappa shape index (κ2) is 5.84. The van der Waals surface area contributed by atoms with Crippen LogP contribution in [-0.4, -0.2) is 24.7 Å². The third-order valence-corrected chi connectivity index (χ3v) is 4.49. The molecule has 0 atom stereocenters. The minimum Gasteiger partial charge on any atom is -0.348 e. The normalized spacial score (nSPS) is 10.9. The minimum absolute atomic E-state index is 0.603. The molecule has 0 saturated heterocycles. The van der Waals surface area contributed by atoms with E-state index in [1.807, 2.05) is 33.2 Å². The van der Waals surface area contributed by atoms with Gasteiger partial charge in [0.25, 0.3) is 0 Å². The molecule has 0 aromatic carbocycles.